The minimum Gasteiger partial charge on any atom is -0.393 e. The molecule has 0 aromatic heterocycles. The molecule has 2 atom stereocenters. The van der Waals surface area contributed by atoms with E-state index in [1.165, 1.54) is 37.9 Å². The Kier molecular flexibility index (Phi) is 3.35. The van der Waals surface area contributed by atoms with Crippen LogP contribution in [-0.4, -0.2) is 29.5 Å². The summed E-state index contributed by atoms with van der Waals surface area (Å²) in [5, 5.41) is 0. The van der Waals surface area contributed by atoms with Gasteiger partial charge in [0, 0.05) is 24.9 Å². The van der Waals surface area contributed by atoms with E-state index in [4.69, 9.17) is 18.0 Å². The van der Waals surface area contributed by atoms with Crippen molar-refractivity contribution in [3.8, 4) is 0 Å². The highest BCUT2D eigenvalue weighted by Gasteiger charge is 2.29. The van der Waals surface area contributed by atoms with Gasteiger partial charge in [0.1, 0.15) is 0 Å². The van der Waals surface area contributed by atoms with Crippen LogP contribution in [0.1, 0.15) is 29.9 Å². The van der Waals surface area contributed by atoms with E-state index in [0.29, 0.717) is 10.9 Å². The van der Waals surface area contributed by atoms with Crippen molar-refractivity contribution in [2.24, 2.45) is 11.7 Å². The lowest BCUT2D eigenvalue weighted by molar-refractivity contribution is 0.188. The fourth-order valence-electron chi connectivity index (χ4n) is 3.29. The monoisotopic (exact) mass is 260 g/mol. The maximum atomic E-state index is 5.79. The van der Waals surface area contributed by atoms with Crippen molar-refractivity contribution >= 4 is 17.2 Å². The Morgan fingerprint density at radius 3 is 3.00 bits per heavy atom. The molecule has 2 aliphatic rings. The van der Waals surface area contributed by atoms with Crippen LogP contribution in [0.3, 0.4) is 0 Å². The Balaban J connectivity index is 1.60. The molecular formula is C15H20N2S. The number of hydrogen-bond acceptors (Lipinski definition) is 2. The average molecular weight is 260 g/mol. The summed E-state index contributed by atoms with van der Waals surface area (Å²) in [6.45, 7) is 3.45. The van der Waals surface area contributed by atoms with Crippen molar-refractivity contribution in [3.05, 3.63) is 35.4 Å². The number of likely N-dealkylation sites (tertiary alicyclic amines) is 1. The first-order valence-electron chi connectivity index (χ1n) is 6.83. The van der Waals surface area contributed by atoms with Crippen LogP contribution in [0.2, 0.25) is 0 Å². The average Bonchev–Trinajstić information content (AvgIpc) is 2.36. The normalized spacial score (nSPS) is 27.3. The van der Waals surface area contributed by atoms with Crippen molar-refractivity contribution in [3.63, 3.8) is 0 Å². The van der Waals surface area contributed by atoms with Gasteiger partial charge in [-0.05, 0) is 36.9 Å². The van der Waals surface area contributed by atoms with Gasteiger partial charge < -0.3 is 10.6 Å². The summed E-state index contributed by atoms with van der Waals surface area (Å²) in [6, 6.07) is 8.82. The maximum absolute atomic E-state index is 5.79. The number of benzene rings is 1. The first-order chi connectivity index (χ1) is 8.74. The quantitative estimate of drug-likeness (QED) is 0.846. The van der Waals surface area contributed by atoms with Gasteiger partial charge in [-0.3, -0.25) is 0 Å². The van der Waals surface area contributed by atoms with Gasteiger partial charge in [-0.1, -0.05) is 36.5 Å². The molecule has 1 aliphatic heterocycles. The molecule has 3 heteroatoms. The molecule has 0 bridgehead atoms. The maximum Gasteiger partial charge on any atom is 0.0771 e. The van der Waals surface area contributed by atoms with E-state index in [9.17, 15) is 0 Å². The third-order valence-corrected chi connectivity index (χ3v) is 4.68. The molecule has 1 heterocycles. The van der Waals surface area contributed by atoms with Gasteiger partial charge in [-0.2, -0.15) is 0 Å². The summed E-state index contributed by atoms with van der Waals surface area (Å²) in [5.41, 5.74) is 8.87. The second kappa shape index (κ2) is 4.98. The molecule has 18 heavy (non-hydrogen) atoms. The highest BCUT2D eigenvalue weighted by Crippen LogP contribution is 2.36. The largest absolute Gasteiger partial charge is 0.393 e. The van der Waals surface area contributed by atoms with E-state index in [1.807, 2.05) is 0 Å². The molecule has 0 spiro atoms. The van der Waals surface area contributed by atoms with Crippen molar-refractivity contribution in [2.45, 2.75) is 25.2 Å². The van der Waals surface area contributed by atoms with Crippen LogP contribution in [0.4, 0.5) is 0 Å². The molecule has 2 unspecified atom stereocenters. The van der Waals surface area contributed by atoms with Crippen LogP contribution in [-0.2, 0) is 6.42 Å². The summed E-state index contributed by atoms with van der Waals surface area (Å²) in [5.74, 6) is 1.16. The van der Waals surface area contributed by atoms with Gasteiger partial charge in [0.25, 0.3) is 0 Å². The van der Waals surface area contributed by atoms with Gasteiger partial charge >= 0.3 is 0 Å². The first-order valence-corrected chi connectivity index (χ1v) is 7.24. The molecule has 0 amide bonds. The van der Waals surface area contributed by atoms with E-state index in [-0.39, 0.29) is 0 Å². The third kappa shape index (κ3) is 2.29. The summed E-state index contributed by atoms with van der Waals surface area (Å²) >= 11 is 5.14. The Labute approximate surface area is 114 Å². The summed E-state index contributed by atoms with van der Waals surface area (Å²) in [6.07, 6.45) is 3.65. The zero-order valence-corrected chi connectivity index (χ0v) is 11.5. The topological polar surface area (TPSA) is 29.3 Å². The molecule has 1 aliphatic carbocycles. The Morgan fingerprint density at radius 2 is 2.22 bits per heavy atom. The molecule has 3 rings (SSSR count). The minimum absolute atomic E-state index is 0.434. The Morgan fingerprint density at radius 1 is 1.39 bits per heavy atom. The molecule has 1 fully saturated rings. The molecule has 1 saturated heterocycles. The molecule has 0 radical (unpaired) electrons. The predicted octanol–water partition coefficient (Wildman–Crippen LogP) is 2.32. The number of nitrogens with two attached hydrogens (primary N) is 1. The molecule has 96 valence electrons. The lowest BCUT2D eigenvalue weighted by Gasteiger charge is -2.38. The van der Waals surface area contributed by atoms with Gasteiger partial charge in [0.05, 0.1) is 4.99 Å². The second-order valence-electron chi connectivity index (χ2n) is 5.60. The number of hydrogen-bond donors (Lipinski definition) is 1. The van der Waals surface area contributed by atoms with Crippen LogP contribution >= 0.6 is 12.2 Å². The fourth-order valence-corrected chi connectivity index (χ4v) is 3.48. The number of piperidine rings is 1. The molecule has 1 aromatic rings. The van der Waals surface area contributed by atoms with Crippen molar-refractivity contribution in [2.75, 3.05) is 19.6 Å². The zero-order chi connectivity index (χ0) is 12.5. The summed E-state index contributed by atoms with van der Waals surface area (Å²) in [4.78, 5) is 3.25. The lowest BCUT2D eigenvalue weighted by Crippen LogP contribution is -2.43. The van der Waals surface area contributed by atoms with E-state index >= 15 is 0 Å². The summed E-state index contributed by atoms with van der Waals surface area (Å²) < 4.78 is 0. The molecule has 2 nitrogen and oxygen atoms in total. The fraction of sp³-hybridized carbons (Fsp3) is 0.533. The van der Waals surface area contributed by atoms with Crippen LogP contribution < -0.4 is 5.73 Å². The van der Waals surface area contributed by atoms with Crippen molar-refractivity contribution < 1.29 is 0 Å². The smallest absolute Gasteiger partial charge is 0.0771 e. The first kappa shape index (κ1) is 12.1. The number of nitrogens with zero attached hydrogens (tertiary/aromatic N) is 1. The summed E-state index contributed by atoms with van der Waals surface area (Å²) in [7, 11) is 0. The minimum atomic E-state index is 0.434. The Hall–Kier alpha value is -0.930. The molecule has 2 N–H and O–H groups in total. The predicted molar refractivity (Wildman–Crippen MR) is 78.8 cm³/mol. The highest BCUT2D eigenvalue weighted by molar-refractivity contribution is 7.80. The SMILES string of the molecule is NC(=S)C1CCCN(CC2Cc3ccccc32)C1. The Bertz CT molecular complexity index is 458. The van der Waals surface area contributed by atoms with Crippen LogP contribution in [0, 0.1) is 5.92 Å². The number of thiocarbonyl (C=S) groups is 1. The van der Waals surface area contributed by atoms with Gasteiger partial charge in [0.15, 0.2) is 0 Å². The molecular weight excluding hydrogens is 240 g/mol. The van der Waals surface area contributed by atoms with E-state index < -0.39 is 0 Å². The van der Waals surface area contributed by atoms with E-state index in [2.05, 4.69) is 29.2 Å². The highest BCUT2D eigenvalue weighted by atomic mass is 32.1. The zero-order valence-electron chi connectivity index (χ0n) is 10.6. The van der Waals surface area contributed by atoms with Crippen molar-refractivity contribution in [1.29, 1.82) is 0 Å². The standard InChI is InChI=1S/C15H20N2S/c16-15(18)12-5-3-7-17(9-12)10-13-8-11-4-1-2-6-14(11)13/h1-2,4,6,12-13H,3,5,7-10H2,(H2,16,18). The van der Waals surface area contributed by atoms with Crippen molar-refractivity contribution in [1.82, 2.24) is 4.90 Å². The van der Waals surface area contributed by atoms with Gasteiger partial charge in [-0.15, -0.1) is 0 Å². The van der Waals surface area contributed by atoms with Gasteiger partial charge in [-0.25, -0.2) is 0 Å². The van der Waals surface area contributed by atoms with Crippen LogP contribution in [0.15, 0.2) is 24.3 Å². The second-order valence-corrected chi connectivity index (χ2v) is 6.07. The number of rotatable bonds is 3. The van der Waals surface area contributed by atoms with E-state index in [1.54, 1.807) is 5.56 Å². The van der Waals surface area contributed by atoms with Crippen LogP contribution in [0.25, 0.3) is 0 Å². The molecule has 0 saturated carbocycles. The lowest BCUT2D eigenvalue weighted by atomic mass is 9.77. The van der Waals surface area contributed by atoms with Crippen LogP contribution in [0.5, 0.6) is 0 Å². The van der Waals surface area contributed by atoms with Gasteiger partial charge in [0.2, 0.25) is 0 Å². The number of fused-ring (bicyclic) bond motifs is 1. The third-order valence-electron chi connectivity index (χ3n) is 4.35. The van der Waals surface area contributed by atoms with E-state index in [0.717, 1.165) is 12.5 Å². The molecule has 1 aromatic carbocycles.